The Bertz CT molecular complexity index is 1140. The number of carbonyl (C=O) groups is 1. The number of allylic oxidation sites excluding steroid dienone is 3. The topological polar surface area (TPSA) is 64.0 Å². The van der Waals surface area contributed by atoms with Crippen LogP contribution in [0.2, 0.25) is 5.02 Å². The number of halogens is 6. The molecule has 0 spiro atoms. The van der Waals surface area contributed by atoms with Crippen molar-refractivity contribution in [3.8, 4) is 11.3 Å². The van der Waals surface area contributed by atoms with E-state index in [1.165, 1.54) is 0 Å². The third-order valence-corrected chi connectivity index (χ3v) is 5.07. The third kappa shape index (κ3) is 4.41. The molecule has 2 aromatic rings. The van der Waals surface area contributed by atoms with Crippen LogP contribution < -0.4 is 10.7 Å². The van der Waals surface area contributed by atoms with Gasteiger partial charge in [0.1, 0.15) is 17.2 Å². The number of rotatable bonds is 3. The second-order valence-electron chi connectivity index (χ2n) is 6.43. The fourth-order valence-electron chi connectivity index (χ4n) is 2.87. The van der Waals surface area contributed by atoms with Crippen molar-refractivity contribution in [1.29, 1.82) is 0 Å². The lowest BCUT2D eigenvalue weighted by molar-refractivity contribution is -0.144. The Kier molecular flexibility index (Phi) is 6.05. The number of amides is 1. The van der Waals surface area contributed by atoms with Crippen LogP contribution in [0.25, 0.3) is 11.3 Å². The molecule has 5 nitrogen and oxygen atoms in total. The van der Waals surface area contributed by atoms with Gasteiger partial charge >= 0.3 is 6.18 Å². The maximum absolute atomic E-state index is 14.5. The van der Waals surface area contributed by atoms with Gasteiger partial charge in [0.15, 0.2) is 0 Å². The Hall–Kier alpha value is -2.65. The summed E-state index contributed by atoms with van der Waals surface area (Å²) < 4.78 is 53.8. The minimum atomic E-state index is -4.81. The highest BCUT2D eigenvalue weighted by molar-refractivity contribution is 6.34. The molecule has 0 saturated carbocycles. The summed E-state index contributed by atoms with van der Waals surface area (Å²) in [4.78, 5) is 24.7. The third-order valence-electron chi connectivity index (χ3n) is 4.37. The number of anilines is 1. The van der Waals surface area contributed by atoms with Crippen LogP contribution in [0, 0.1) is 11.7 Å². The molecule has 1 unspecified atom stereocenters. The Morgan fingerprint density at radius 1 is 1.27 bits per heavy atom. The summed E-state index contributed by atoms with van der Waals surface area (Å²) in [7, 11) is 0.979. The minimum Gasteiger partial charge on any atom is -0.324 e. The smallest absolute Gasteiger partial charge is 0.324 e. The molecule has 3 rings (SSSR count). The number of nitrogens with zero attached hydrogens (tertiary/aromatic N) is 2. The van der Waals surface area contributed by atoms with Crippen molar-refractivity contribution in [2.24, 2.45) is 13.0 Å². The summed E-state index contributed by atoms with van der Waals surface area (Å²) >= 11 is 12.0. The van der Waals surface area contributed by atoms with Crippen molar-refractivity contribution in [2.75, 3.05) is 5.32 Å². The SMILES string of the molecule is Cn1nc(-c2cc(NC(=O)C3CC=CC=C3Cl)c(Cl)cc2F)c(=O)cc1C(F)(F)F. The Balaban J connectivity index is 2.01. The highest BCUT2D eigenvalue weighted by atomic mass is 35.5. The predicted octanol–water partition coefficient (Wildman–Crippen LogP) is 4.90. The molecule has 1 atom stereocenters. The molecule has 0 radical (unpaired) electrons. The van der Waals surface area contributed by atoms with E-state index in [1.54, 1.807) is 18.2 Å². The Morgan fingerprint density at radius 3 is 2.60 bits per heavy atom. The van der Waals surface area contributed by atoms with Gasteiger partial charge < -0.3 is 5.32 Å². The molecule has 0 aliphatic heterocycles. The van der Waals surface area contributed by atoms with E-state index in [-0.39, 0.29) is 10.7 Å². The fourth-order valence-corrected chi connectivity index (χ4v) is 3.33. The molecular formula is C19H13Cl2F4N3O2. The molecule has 1 aromatic carbocycles. The molecule has 1 aromatic heterocycles. The molecule has 11 heteroatoms. The lowest BCUT2D eigenvalue weighted by Gasteiger charge is -2.18. The maximum atomic E-state index is 14.5. The van der Waals surface area contributed by atoms with E-state index >= 15 is 0 Å². The minimum absolute atomic E-state index is 0.0409. The first-order valence-corrected chi connectivity index (χ1v) is 9.22. The van der Waals surface area contributed by atoms with Crippen LogP contribution in [0.15, 0.2) is 46.3 Å². The number of hydrogen-bond acceptors (Lipinski definition) is 3. The number of aryl methyl sites for hydroxylation is 1. The molecule has 0 fully saturated rings. The summed E-state index contributed by atoms with van der Waals surface area (Å²) in [6.07, 6.45) is 0.528. The van der Waals surface area contributed by atoms with Gasteiger partial charge in [-0.2, -0.15) is 18.3 Å². The lowest BCUT2D eigenvalue weighted by Crippen LogP contribution is -2.24. The van der Waals surface area contributed by atoms with E-state index in [0.717, 1.165) is 19.2 Å². The quantitative estimate of drug-likeness (QED) is 0.661. The molecule has 1 heterocycles. The van der Waals surface area contributed by atoms with Gasteiger partial charge in [-0.25, -0.2) is 4.39 Å². The standard InChI is InChI=1S/C19H13Cl2F4N3O2/c1-28-16(19(23,24)25)8-15(29)17(27-28)10-6-14(12(21)7-13(10)22)26-18(30)9-4-2-3-5-11(9)20/h2-3,5-9H,4H2,1H3,(H,26,30). The monoisotopic (exact) mass is 461 g/mol. The summed E-state index contributed by atoms with van der Waals surface area (Å²) in [5.41, 5.74) is -3.43. The van der Waals surface area contributed by atoms with Crippen LogP contribution >= 0.6 is 23.2 Å². The maximum Gasteiger partial charge on any atom is 0.433 e. The molecule has 30 heavy (non-hydrogen) atoms. The van der Waals surface area contributed by atoms with Gasteiger partial charge in [-0.1, -0.05) is 35.4 Å². The van der Waals surface area contributed by atoms with Gasteiger partial charge in [0.25, 0.3) is 0 Å². The van der Waals surface area contributed by atoms with Gasteiger partial charge in [-0.15, -0.1) is 0 Å². The zero-order valence-corrected chi connectivity index (χ0v) is 16.7. The van der Waals surface area contributed by atoms with Crippen molar-refractivity contribution in [2.45, 2.75) is 12.6 Å². The second kappa shape index (κ2) is 8.23. The highest BCUT2D eigenvalue weighted by Crippen LogP contribution is 2.33. The number of alkyl halides is 3. The lowest BCUT2D eigenvalue weighted by atomic mass is 9.99. The van der Waals surface area contributed by atoms with Crippen molar-refractivity contribution >= 4 is 34.8 Å². The van der Waals surface area contributed by atoms with Crippen molar-refractivity contribution in [3.05, 3.63) is 68.2 Å². The Morgan fingerprint density at radius 2 is 1.97 bits per heavy atom. The number of carbonyl (C=O) groups excluding carboxylic acids is 1. The molecule has 0 saturated heterocycles. The van der Waals surface area contributed by atoms with Gasteiger partial charge in [-0.3, -0.25) is 14.3 Å². The van der Waals surface area contributed by atoms with Gasteiger partial charge in [0.05, 0.1) is 16.6 Å². The van der Waals surface area contributed by atoms with E-state index in [2.05, 4.69) is 10.4 Å². The number of nitrogens with one attached hydrogen (secondary N) is 1. The first-order chi connectivity index (χ1) is 14.0. The van der Waals surface area contributed by atoms with E-state index < -0.39 is 46.2 Å². The average Bonchev–Trinajstić information content (AvgIpc) is 2.65. The second-order valence-corrected chi connectivity index (χ2v) is 7.28. The largest absolute Gasteiger partial charge is 0.433 e. The fraction of sp³-hybridized carbons (Fsp3) is 0.211. The predicted molar refractivity (Wildman–Crippen MR) is 105 cm³/mol. The zero-order chi connectivity index (χ0) is 22.2. The Labute approximate surface area is 177 Å². The van der Waals surface area contributed by atoms with Crippen LogP contribution in [0.4, 0.5) is 23.2 Å². The molecule has 0 bridgehead atoms. The number of benzene rings is 1. The van der Waals surface area contributed by atoms with Crippen LogP contribution in [0.5, 0.6) is 0 Å². The van der Waals surface area contributed by atoms with Crippen LogP contribution in [-0.2, 0) is 18.0 Å². The van der Waals surface area contributed by atoms with E-state index in [1.807, 2.05) is 0 Å². The first-order valence-electron chi connectivity index (χ1n) is 8.47. The normalized spacial score (nSPS) is 16.4. The van der Waals surface area contributed by atoms with E-state index in [4.69, 9.17) is 23.2 Å². The number of hydrogen-bond donors (Lipinski definition) is 1. The summed E-state index contributed by atoms with van der Waals surface area (Å²) in [6.45, 7) is 0. The molecule has 1 aliphatic carbocycles. The van der Waals surface area contributed by atoms with Gasteiger partial charge in [0.2, 0.25) is 11.3 Å². The first kappa shape index (κ1) is 22.0. The molecule has 1 N–H and O–H groups in total. The van der Waals surface area contributed by atoms with Gasteiger partial charge in [-0.05, 0) is 24.6 Å². The van der Waals surface area contributed by atoms with Crippen LogP contribution in [0.1, 0.15) is 12.1 Å². The summed E-state index contributed by atoms with van der Waals surface area (Å²) in [6, 6.07) is 2.21. The van der Waals surface area contributed by atoms with Crippen molar-refractivity contribution in [3.63, 3.8) is 0 Å². The van der Waals surface area contributed by atoms with Crippen molar-refractivity contribution in [1.82, 2.24) is 9.78 Å². The van der Waals surface area contributed by atoms with E-state index in [0.29, 0.717) is 22.2 Å². The molecular weight excluding hydrogens is 449 g/mol. The van der Waals surface area contributed by atoms with Gasteiger partial charge in [0, 0.05) is 23.7 Å². The molecule has 1 aliphatic rings. The van der Waals surface area contributed by atoms with Crippen LogP contribution in [-0.4, -0.2) is 15.7 Å². The van der Waals surface area contributed by atoms with E-state index in [9.17, 15) is 27.2 Å². The zero-order valence-electron chi connectivity index (χ0n) is 15.2. The average molecular weight is 462 g/mol. The number of aromatic nitrogens is 2. The van der Waals surface area contributed by atoms with Crippen LogP contribution in [0.3, 0.4) is 0 Å². The molecule has 158 valence electrons. The molecule has 1 amide bonds. The highest BCUT2D eigenvalue weighted by Gasteiger charge is 2.35. The van der Waals surface area contributed by atoms with Crippen molar-refractivity contribution < 1.29 is 22.4 Å². The summed E-state index contributed by atoms with van der Waals surface area (Å²) in [5, 5.41) is 6.21. The summed E-state index contributed by atoms with van der Waals surface area (Å²) in [5.74, 6) is -2.19.